The minimum atomic E-state index is -0.0193. The molecule has 1 amide bonds. The molecule has 0 spiro atoms. The van der Waals surface area contributed by atoms with Gasteiger partial charge >= 0.3 is 0 Å². The molecule has 0 aliphatic rings. The Balaban J connectivity index is 1.73. The monoisotopic (exact) mass is 424 g/mol. The van der Waals surface area contributed by atoms with E-state index in [9.17, 15) is 4.79 Å². The molecule has 2 heterocycles. The van der Waals surface area contributed by atoms with Crippen LogP contribution in [0.3, 0.4) is 0 Å². The van der Waals surface area contributed by atoms with Crippen LogP contribution in [0, 0.1) is 0 Å². The number of aromatic nitrogens is 3. The van der Waals surface area contributed by atoms with Crippen molar-refractivity contribution in [2.45, 2.75) is 5.22 Å². The van der Waals surface area contributed by atoms with Gasteiger partial charge in [-0.1, -0.05) is 53.7 Å². The van der Waals surface area contributed by atoms with Gasteiger partial charge in [-0.25, -0.2) is 4.98 Å². The summed E-state index contributed by atoms with van der Waals surface area (Å²) in [5.74, 6) is 0.606. The van der Waals surface area contributed by atoms with Gasteiger partial charge in [-0.05, 0) is 24.3 Å². The largest absolute Gasteiger partial charge is 0.411 e. The number of benzene rings is 2. The smallest absolute Gasteiger partial charge is 0.277 e. The number of amides is 1. The van der Waals surface area contributed by atoms with Gasteiger partial charge < -0.3 is 9.32 Å². The number of thioether (sulfide) groups is 1. The summed E-state index contributed by atoms with van der Waals surface area (Å²) in [6.07, 6.45) is 0. The van der Waals surface area contributed by atoms with Gasteiger partial charge in [-0.15, -0.1) is 10.2 Å². The summed E-state index contributed by atoms with van der Waals surface area (Å²) >= 11 is 7.23. The van der Waals surface area contributed by atoms with Crippen LogP contribution in [-0.2, 0) is 4.79 Å². The van der Waals surface area contributed by atoms with E-state index in [1.54, 1.807) is 14.1 Å². The van der Waals surface area contributed by atoms with E-state index in [2.05, 4.69) is 10.2 Å². The van der Waals surface area contributed by atoms with Crippen LogP contribution < -0.4 is 0 Å². The number of hydrogen-bond donors (Lipinski definition) is 0. The SMILES string of the molecule is CN(C)C(=O)CSc1nnc(-c2cc(-c3ccc(Cl)cc3)nc3ccccc23)o1. The van der Waals surface area contributed by atoms with E-state index in [4.69, 9.17) is 21.0 Å². The Morgan fingerprint density at radius 3 is 2.62 bits per heavy atom. The Kier molecular flexibility index (Phi) is 5.51. The zero-order valence-electron chi connectivity index (χ0n) is 15.8. The molecule has 2 aromatic carbocycles. The van der Waals surface area contributed by atoms with Gasteiger partial charge in [0.15, 0.2) is 0 Å². The minimum Gasteiger partial charge on any atom is -0.411 e. The van der Waals surface area contributed by atoms with E-state index in [-0.39, 0.29) is 11.7 Å². The third kappa shape index (κ3) is 4.26. The Hall–Kier alpha value is -2.90. The van der Waals surface area contributed by atoms with E-state index < -0.39 is 0 Å². The first-order valence-electron chi connectivity index (χ1n) is 8.84. The van der Waals surface area contributed by atoms with Gasteiger partial charge in [0.05, 0.1) is 22.5 Å². The molecule has 0 atom stereocenters. The van der Waals surface area contributed by atoms with E-state index in [1.165, 1.54) is 16.7 Å². The van der Waals surface area contributed by atoms with Crippen molar-refractivity contribution < 1.29 is 9.21 Å². The molecule has 8 heteroatoms. The van der Waals surface area contributed by atoms with Crippen molar-refractivity contribution in [1.82, 2.24) is 20.1 Å². The van der Waals surface area contributed by atoms with Gasteiger partial charge in [-0.3, -0.25) is 4.79 Å². The summed E-state index contributed by atoms with van der Waals surface area (Å²) in [5, 5.41) is 10.2. The first-order valence-corrected chi connectivity index (χ1v) is 10.2. The number of pyridine rings is 1. The average molecular weight is 425 g/mol. The zero-order valence-corrected chi connectivity index (χ0v) is 17.4. The molecule has 0 N–H and O–H groups in total. The van der Waals surface area contributed by atoms with Crippen molar-refractivity contribution in [2.75, 3.05) is 19.8 Å². The number of carbonyl (C=O) groups excluding carboxylic acids is 1. The van der Waals surface area contributed by atoms with E-state index in [1.807, 2.05) is 54.6 Å². The fourth-order valence-corrected chi connectivity index (χ4v) is 3.62. The molecule has 0 aliphatic carbocycles. The number of nitrogens with zero attached hydrogens (tertiary/aromatic N) is 4. The van der Waals surface area contributed by atoms with Crippen molar-refractivity contribution in [3.63, 3.8) is 0 Å². The summed E-state index contributed by atoms with van der Waals surface area (Å²) in [7, 11) is 3.42. The summed E-state index contributed by atoms with van der Waals surface area (Å²) < 4.78 is 5.84. The number of para-hydroxylation sites is 1. The van der Waals surface area contributed by atoms with Crippen LogP contribution in [0.25, 0.3) is 33.6 Å². The van der Waals surface area contributed by atoms with E-state index in [0.717, 1.165) is 27.7 Å². The van der Waals surface area contributed by atoms with Crippen LogP contribution in [0.1, 0.15) is 0 Å². The predicted molar refractivity (Wildman–Crippen MR) is 115 cm³/mol. The maximum atomic E-state index is 11.8. The second-order valence-electron chi connectivity index (χ2n) is 6.53. The van der Waals surface area contributed by atoms with Crippen LogP contribution >= 0.6 is 23.4 Å². The quantitative estimate of drug-likeness (QED) is 0.429. The lowest BCUT2D eigenvalue weighted by atomic mass is 10.0. The minimum absolute atomic E-state index is 0.0193. The van der Waals surface area contributed by atoms with E-state index in [0.29, 0.717) is 16.1 Å². The fourth-order valence-electron chi connectivity index (χ4n) is 2.75. The highest BCUT2D eigenvalue weighted by Crippen LogP contribution is 2.33. The van der Waals surface area contributed by atoms with Crippen molar-refractivity contribution in [2.24, 2.45) is 0 Å². The normalized spacial score (nSPS) is 11.0. The molecule has 146 valence electrons. The molecule has 0 fully saturated rings. The number of rotatable bonds is 5. The Bertz CT molecular complexity index is 1170. The highest BCUT2D eigenvalue weighted by Gasteiger charge is 2.16. The highest BCUT2D eigenvalue weighted by molar-refractivity contribution is 7.99. The topological polar surface area (TPSA) is 72.1 Å². The van der Waals surface area contributed by atoms with Crippen molar-refractivity contribution >= 4 is 40.2 Å². The van der Waals surface area contributed by atoms with Gasteiger partial charge in [0, 0.05) is 30.1 Å². The third-order valence-corrected chi connectivity index (χ3v) is 5.37. The van der Waals surface area contributed by atoms with Gasteiger partial charge in [0.1, 0.15) is 0 Å². The maximum Gasteiger partial charge on any atom is 0.277 e. The van der Waals surface area contributed by atoms with E-state index >= 15 is 0 Å². The molecule has 4 aromatic rings. The van der Waals surface area contributed by atoms with Crippen molar-refractivity contribution in [1.29, 1.82) is 0 Å². The number of fused-ring (bicyclic) bond motifs is 1. The summed E-state index contributed by atoms with van der Waals surface area (Å²) in [6.45, 7) is 0. The first-order chi connectivity index (χ1) is 14.0. The lowest BCUT2D eigenvalue weighted by molar-refractivity contribution is -0.125. The summed E-state index contributed by atoms with van der Waals surface area (Å²) in [6, 6.07) is 17.2. The van der Waals surface area contributed by atoms with Gasteiger partial charge in [-0.2, -0.15) is 0 Å². The Morgan fingerprint density at radius 2 is 1.86 bits per heavy atom. The van der Waals surface area contributed by atoms with Crippen LogP contribution in [0.2, 0.25) is 5.02 Å². The molecule has 0 aliphatic heterocycles. The molecule has 29 heavy (non-hydrogen) atoms. The van der Waals surface area contributed by atoms with Crippen LogP contribution in [0.15, 0.2) is 64.2 Å². The molecule has 4 rings (SSSR count). The highest BCUT2D eigenvalue weighted by atomic mass is 35.5. The third-order valence-electron chi connectivity index (χ3n) is 4.31. The first kappa shape index (κ1) is 19.4. The van der Waals surface area contributed by atoms with Crippen molar-refractivity contribution in [3.8, 4) is 22.7 Å². The maximum absolute atomic E-state index is 11.8. The number of hydrogen-bond acceptors (Lipinski definition) is 6. The molecule has 0 unspecified atom stereocenters. The zero-order chi connectivity index (χ0) is 20.4. The van der Waals surface area contributed by atoms with Crippen LogP contribution in [0.5, 0.6) is 0 Å². The fraction of sp³-hybridized carbons (Fsp3) is 0.143. The molecule has 2 aromatic heterocycles. The molecule has 6 nitrogen and oxygen atoms in total. The average Bonchev–Trinajstić information content (AvgIpc) is 3.20. The molecule has 0 saturated heterocycles. The van der Waals surface area contributed by atoms with Gasteiger partial charge in [0.25, 0.3) is 5.22 Å². The standard InChI is InChI=1S/C21H17ClN4O2S/c1-26(2)19(27)12-29-21-25-24-20(28-21)16-11-18(13-7-9-14(22)10-8-13)23-17-6-4-3-5-15(16)17/h3-11H,12H2,1-2H3. The molecule has 0 saturated carbocycles. The molecular formula is C21H17ClN4O2S. The predicted octanol–water partition coefficient (Wildman–Crippen LogP) is 4.79. The lowest BCUT2D eigenvalue weighted by Gasteiger charge is -2.08. The molecular weight excluding hydrogens is 408 g/mol. The van der Waals surface area contributed by atoms with Crippen molar-refractivity contribution in [3.05, 3.63) is 59.6 Å². The second-order valence-corrected chi connectivity index (χ2v) is 7.89. The molecule has 0 radical (unpaired) electrons. The lowest BCUT2D eigenvalue weighted by Crippen LogP contribution is -2.23. The summed E-state index contributed by atoms with van der Waals surface area (Å²) in [5.41, 5.74) is 3.33. The van der Waals surface area contributed by atoms with Crippen LogP contribution in [-0.4, -0.2) is 45.8 Å². The summed E-state index contributed by atoms with van der Waals surface area (Å²) in [4.78, 5) is 18.1. The number of halogens is 1. The van der Waals surface area contributed by atoms with Crippen LogP contribution in [0.4, 0.5) is 0 Å². The number of carbonyl (C=O) groups is 1. The molecule has 0 bridgehead atoms. The Morgan fingerprint density at radius 1 is 1.10 bits per heavy atom. The second kappa shape index (κ2) is 8.23. The van der Waals surface area contributed by atoms with Gasteiger partial charge in [0.2, 0.25) is 11.8 Å². The Labute approximate surface area is 176 Å².